The lowest BCUT2D eigenvalue weighted by Crippen LogP contribution is -2.39. The van der Waals surface area contributed by atoms with Gasteiger partial charge in [0, 0.05) is 29.7 Å². The highest BCUT2D eigenvalue weighted by Gasteiger charge is 2.19. The number of nitrogens with one attached hydrogen (secondary N) is 3. The SMILES string of the molecule is CCNC(=O)CC(NCc1ccc(F)cc1Cl)OC(=O)Nc1cc2cc(F)ccc2cn1. The third-order valence-corrected chi connectivity index (χ3v) is 4.80. The third kappa shape index (κ3) is 6.60. The van der Waals surface area contributed by atoms with E-state index in [1.807, 2.05) is 0 Å². The minimum atomic E-state index is -0.999. The van der Waals surface area contributed by atoms with Crippen LogP contribution in [0.1, 0.15) is 18.9 Å². The molecule has 0 spiro atoms. The summed E-state index contributed by atoms with van der Waals surface area (Å²) in [5.74, 6) is -1.06. The van der Waals surface area contributed by atoms with Crippen LogP contribution in [0.15, 0.2) is 48.7 Å². The highest BCUT2D eigenvalue weighted by molar-refractivity contribution is 6.31. The van der Waals surface area contributed by atoms with E-state index >= 15 is 0 Å². The van der Waals surface area contributed by atoms with Gasteiger partial charge in [0.2, 0.25) is 5.91 Å². The number of hydrogen-bond acceptors (Lipinski definition) is 5. The molecule has 0 bridgehead atoms. The van der Waals surface area contributed by atoms with Gasteiger partial charge in [0.15, 0.2) is 6.23 Å². The van der Waals surface area contributed by atoms with E-state index in [1.54, 1.807) is 13.0 Å². The van der Waals surface area contributed by atoms with Crippen LogP contribution >= 0.6 is 11.6 Å². The average Bonchev–Trinajstić information content (AvgIpc) is 2.72. The summed E-state index contributed by atoms with van der Waals surface area (Å²) >= 11 is 6.03. The van der Waals surface area contributed by atoms with Gasteiger partial charge in [0.25, 0.3) is 0 Å². The molecule has 1 heterocycles. The van der Waals surface area contributed by atoms with Crippen LogP contribution in [0.5, 0.6) is 0 Å². The molecular weight excluding hydrogens is 442 g/mol. The predicted molar refractivity (Wildman–Crippen MR) is 117 cm³/mol. The number of rotatable bonds is 8. The maximum atomic E-state index is 13.5. The number of halogens is 3. The Hall–Kier alpha value is -3.30. The Labute approximate surface area is 188 Å². The van der Waals surface area contributed by atoms with E-state index in [0.29, 0.717) is 22.9 Å². The van der Waals surface area contributed by atoms with Crippen LogP contribution in [0.4, 0.5) is 19.4 Å². The zero-order valence-electron chi connectivity index (χ0n) is 17.1. The molecule has 3 aromatic rings. The Kier molecular flexibility index (Phi) is 7.91. The first kappa shape index (κ1) is 23.4. The Bertz CT molecular complexity index is 1130. The fraction of sp³-hybridized carbons (Fsp3) is 0.227. The number of fused-ring (bicyclic) bond motifs is 1. The molecule has 2 aromatic carbocycles. The van der Waals surface area contributed by atoms with Crippen LogP contribution in [-0.2, 0) is 16.1 Å². The van der Waals surface area contributed by atoms with Crippen LogP contribution in [0, 0.1) is 11.6 Å². The number of carbonyl (C=O) groups excluding carboxylic acids is 2. The number of benzene rings is 2. The van der Waals surface area contributed by atoms with Gasteiger partial charge < -0.3 is 10.1 Å². The van der Waals surface area contributed by atoms with Crippen molar-refractivity contribution >= 4 is 40.2 Å². The fourth-order valence-corrected chi connectivity index (χ4v) is 3.16. The first-order valence-electron chi connectivity index (χ1n) is 9.81. The number of ether oxygens (including phenoxy) is 1. The van der Waals surface area contributed by atoms with Gasteiger partial charge in [0.05, 0.1) is 6.42 Å². The van der Waals surface area contributed by atoms with Gasteiger partial charge in [-0.1, -0.05) is 17.7 Å². The van der Waals surface area contributed by atoms with E-state index in [9.17, 15) is 18.4 Å². The smallest absolute Gasteiger partial charge is 0.414 e. The van der Waals surface area contributed by atoms with Gasteiger partial charge in [-0.15, -0.1) is 0 Å². The summed E-state index contributed by atoms with van der Waals surface area (Å²) in [6.45, 7) is 2.31. The lowest BCUT2D eigenvalue weighted by atomic mass is 10.2. The van der Waals surface area contributed by atoms with E-state index in [-0.39, 0.29) is 29.7 Å². The van der Waals surface area contributed by atoms with Crippen molar-refractivity contribution in [1.29, 1.82) is 0 Å². The molecule has 0 fully saturated rings. The molecule has 7 nitrogen and oxygen atoms in total. The summed E-state index contributed by atoms with van der Waals surface area (Å²) in [4.78, 5) is 28.5. The molecule has 1 aromatic heterocycles. The van der Waals surface area contributed by atoms with Crippen molar-refractivity contribution in [2.45, 2.75) is 26.1 Å². The Morgan fingerprint density at radius 3 is 2.59 bits per heavy atom. The van der Waals surface area contributed by atoms with Crippen molar-refractivity contribution in [2.24, 2.45) is 0 Å². The van der Waals surface area contributed by atoms with Crippen LogP contribution in [0.2, 0.25) is 5.02 Å². The first-order chi connectivity index (χ1) is 15.3. The third-order valence-electron chi connectivity index (χ3n) is 4.44. The minimum Gasteiger partial charge on any atom is -0.430 e. The van der Waals surface area contributed by atoms with Gasteiger partial charge in [-0.3, -0.25) is 15.4 Å². The second-order valence-electron chi connectivity index (χ2n) is 6.85. The van der Waals surface area contributed by atoms with Crippen LogP contribution < -0.4 is 16.0 Å². The second-order valence-corrected chi connectivity index (χ2v) is 7.26. The molecule has 168 valence electrons. The largest absolute Gasteiger partial charge is 0.430 e. The van der Waals surface area contributed by atoms with Gasteiger partial charge in [-0.25, -0.2) is 18.6 Å². The van der Waals surface area contributed by atoms with E-state index in [0.717, 1.165) is 0 Å². The molecule has 10 heteroatoms. The van der Waals surface area contributed by atoms with Gasteiger partial charge >= 0.3 is 6.09 Å². The standard InChI is InChI=1S/C22H21ClF2N4O3/c1-2-26-20(30)10-21(28-12-14-4-6-17(25)9-18(14)23)32-22(31)29-19-8-15-7-16(24)5-3-13(15)11-27-19/h3-9,11,21,28H,2,10,12H2,1H3,(H,26,30)(H,27,29,31). The van der Waals surface area contributed by atoms with Crippen molar-refractivity contribution in [3.63, 3.8) is 0 Å². The van der Waals surface area contributed by atoms with Crippen molar-refractivity contribution in [3.05, 3.63) is 70.9 Å². The fourth-order valence-electron chi connectivity index (χ4n) is 2.93. The second kappa shape index (κ2) is 10.8. The van der Waals surface area contributed by atoms with Crippen molar-refractivity contribution in [2.75, 3.05) is 11.9 Å². The molecule has 0 aliphatic carbocycles. The van der Waals surface area contributed by atoms with Crippen molar-refractivity contribution < 1.29 is 23.1 Å². The summed E-state index contributed by atoms with van der Waals surface area (Å²) in [6.07, 6.45) is -0.525. The van der Waals surface area contributed by atoms with Crippen molar-refractivity contribution in [1.82, 2.24) is 15.6 Å². The number of carbonyl (C=O) groups is 2. The molecular formula is C22H21ClF2N4O3. The number of pyridine rings is 1. The number of amides is 2. The lowest BCUT2D eigenvalue weighted by Gasteiger charge is -2.19. The predicted octanol–water partition coefficient (Wildman–Crippen LogP) is 4.36. The summed E-state index contributed by atoms with van der Waals surface area (Å²) in [7, 11) is 0. The molecule has 0 radical (unpaired) electrons. The van der Waals surface area contributed by atoms with E-state index in [1.165, 1.54) is 42.6 Å². The highest BCUT2D eigenvalue weighted by Crippen LogP contribution is 2.19. The van der Waals surface area contributed by atoms with Gasteiger partial charge in [-0.05, 0) is 54.3 Å². The maximum absolute atomic E-state index is 13.5. The van der Waals surface area contributed by atoms with Gasteiger partial charge in [0.1, 0.15) is 17.5 Å². The first-order valence-corrected chi connectivity index (χ1v) is 10.2. The number of nitrogens with zero attached hydrogens (tertiary/aromatic N) is 1. The molecule has 0 saturated carbocycles. The monoisotopic (exact) mass is 462 g/mol. The number of aromatic nitrogens is 1. The normalized spacial score (nSPS) is 11.8. The molecule has 32 heavy (non-hydrogen) atoms. The quantitative estimate of drug-likeness (QED) is 0.433. The molecule has 3 N–H and O–H groups in total. The summed E-state index contributed by atoms with van der Waals surface area (Å²) < 4.78 is 32.0. The Morgan fingerprint density at radius 2 is 1.84 bits per heavy atom. The van der Waals surface area contributed by atoms with E-state index in [4.69, 9.17) is 16.3 Å². The average molecular weight is 463 g/mol. The summed E-state index contributed by atoms with van der Waals surface area (Å²) in [6, 6.07) is 9.63. The molecule has 0 saturated heterocycles. The maximum Gasteiger partial charge on any atom is 0.414 e. The topological polar surface area (TPSA) is 92.4 Å². The molecule has 1 unspecified atom stereocenters. The number of anilines is 1. The molecule has 0 aliphatic heterocycles. The lowest BCUT2D eigenvalue weighted by molar-refractivity contribution is -0.123. The molecule has 2 amide bonds. The molecule has 3 rings (SSSR count). The minimum absolute atomic E-state index is 0.129. The van der Waals surface area contributed by atoms with Crippen LogP contribution in [-0.4, -0.2) is 29.8 Å². The zero-order valence-corrected chi connectivity index (χ0v) is 17.9. The summed E-state index contributed by atoms with van der Waals surface area (Å²) in [5.41, 5.74) is 0.566. The van der Waals surface area contributed by atoms with Crippen molar-refractivity contribution in [3.8, 4) is 0 Å². The van der Waals surface area contributed by atoms with Crippen LogP contribution in [0.25, 0.3) is 10.8 Å². The zero-order chi connectivity index (χ0) is 23.1. The van der Waals surface area contributed by atoms with Crippen LogP contribution in [0.3, 0.4) is 0 Å². The highest BCUT2D eigenvalue weighted by atomic mass is 35.5. The van der Waals surface area contributed by atoms with Gasteiger partial charge in [-0.2, -0.15) is 0 Å². The van der Waals surface area contributed by atoms with E-state index < -0.39 is 24.0 Å². The van der Waals surface area contributed by atoms with E-state index in [2.05, 4.69) is 20.9 Å². The Morgan fingerprint density at radius 1 is 1.09 bits per heavy atom. The molecule has 1 atom stereocenters. The Balaban J connectivity index is 1.67. The summed E-state index contributed by atoms with van der Waals surface area (Å²) in [5, 5.41) is 9.47. The number of hydrogen-bond donors (Lipinski definition) is 3. The molecule has 0 aliphatic rings.